The zero-order valence-electron chi connectivity index (χ0n) is 8.78. The maximum Gasteiger partial charge on any atom is 0.317 e. The molecule has 16 heavy (non-hydrogen) atoms. The van der Waals surface area contributed by atoms with E-state index in [4.69, 9.17) is 11.0 Å². The van der Waals surface area contributed by atoms with E-state index < -0.39 is 5.97 Å². The van der Waals surface area contributed by atoms with Crippen LogP contribution >= 0.6 is 0 Å². The van der Waals surface area contributed by atoms with Gasteiger partial charge in [-0.25, -0.2) is 0 Å². The highest BCUT2D eigenvalue weighted by molar-refractivity contribution is 5.72. The van der Waals surface area contributed by atoms with Crippen molar-refractivity contribution in [3.8, 4) is 17.9 Å². The summed E-state index contributed by atoms with van der Waals surface area (Å²) in [5, 5.41) is 8.69. The smallest absolute Gasteiger partial charge is 0.317 e. The zero-order valence-corrected chi connectivity index (χ0v) is 8.78. The molecule has 0 saturated carbocycles. The van der Waals surface area contributed by atoms with Crippen molar-refractivity contribution in [2.75, 3.05) is 12.8 Å². The first-order valence-electron chi connectivity index (χ1n) is 4.52. The molecular formula is C12H10N2O2. The number of rotatable bonds is 1. The van der Waals surface area contributed by atoms with Gasteiger partial charge in [0.15, 0.2) is 0 Å². The molecule has 4 heteroatoms. The molecule has 0 bridgehead atoms. The van der Waals surface area contributed by atoms with Gasteiger partial charge in [0.05, 0.1) is 18.7 Å². The Kier molecular flexibility index (Phi) is 3.94. The number of carbonyl (C=O) groups excluding carboxylic acids is 1. The summed E-state index contributed by atoms with van der Waals surface area (Å²) in [5.41, 5.74) is 7.18. The summed E-state index contributed by atoms with van der Waals surface area (Å²) in [5.74, 6) is 4.96. The molecule has 0 atom stereocenters. The molecule has 4 nitrogen and oxygen atoms in total. The molecule has 80 valence electrons. The number of anilines is 1. The summed E-state index contributed by atoms with van der Waals surface area (Å²) in [6, 6.07) is 6.80. The third-order valence-electron chi connectivity index (χ3n) is 1.87. The number of benzene rings is 1. The van der Waals surface area contributed by atoms with Gasteiger partial charge in [-0.1, -0.05) is 11.8 Å². The summed E-state index contributed by atoms with van der Waals surface area (Å²) in [6.45, 7) is 0. The first kappa shape index (κ1) is 11.6. The van der Waals surface area contributed by atoms with Gasteiger partial charge in [0, 0.05) is 11.3 Å². The summed E-state index contributed by atoms with van der Waals surface area (Å²) >= 11 is 0. The van der Waals surface area contributed by atoms with Crippen LogP contribution in [0.4, 0.5) is 5.69 Å². The lowest BCUT2D eigenvalue weighted by Gasteiger charge is -1.97. The number of nitrogens with two attached hydrogens (primary N) is 1. The van der Waals surface area contributed by atoms with Crippen LogP contribution in [0.1, 0.15) is 17.5 Å². The molecule has 0 unspecified atom stereocenters. The lowest BCUT2D eigenvalue weighted by atomic mass is 10.1. The van der Waals surface area contributed by atoms with E-state index in [2.05, 4.69) is 16.6 Å². The van der Waals surface area contributed by atoms with Gasteiger partial charge in [0.2, 0.25) is 0 Å². The first-order chi connectivity index (χ1) is 7.67. The van der Waals surface area contributed by atoms with E-state index in [1.165, 1.54) is 7.11 Å². The molecule has 0 amide bonds. The van der Waals surface area contributed by atoms with Crippen molar-refractivity contribution in [3.63, 3.8) is 0 Å². The Morgan fingerprint density at radius 2 is 2.31 bits per heavy atom. The highest BCUT2D eigenvalue weighted by Crippen LogP contribution is 2.12. The minimum Gasteiger partial charge on any atom is -0.468 e. The van der Waals surface area contributed by atoms with Gasteiger partial charge >= 0.3 is 5.97 Å². The Labute approximate surface area is 93.6 Å². The average molecular weight is 214 g/mol. The van der Waals surface area contributed by atoms with Crippen molar-refractivity contribution < 1.29 is 9.53 Å². The monoisotopic (exact) mass is 214 g/mol. The van der Waals surface area contributed by atoms with Gasteiger partial charge in [-0.05, 0) is 18.2 Å². The minimum absolute atomic E-state index is 0.00667. The summed E-state index contributed by atoms with van der Waals surface area (Å²) < 4.78 is 4.44. The second-order valence-electron chi connectivity index (χ2n) is 2.97. The Balaban J connectivity index is 2.88. The van der Waals surface area contributed by atoms with Crippen LogP contribution in [0, 0.1) is 23.2 Å². The molecule has 1 aromatic carbocycles. The average Bonchev–Trinajstić information content (AvgIpc) is 2.31. The molecule has 0 aromatic heterocycles. The standard InChI is InChI=1S/C12H10N2O2/c1-16-12(15)4-2-3-10-7-9(8-13)5-6-11(10)14/h5-7H,4,14H2,1H3. The number of hydrogen-bond acceptors (Lipinski definition) is 4. The third kappa shape index (κ3) is 3.04. The molecule has 0 spiro atoms. The Morgan fingerprint density at radius 1 is 1.56 bits per heavy atom. The van der Waals surface area contributed by atoms with E-state index in [1.807, 2.05) is 6.07 Å². The van der Waals surface area contributed by atoms with Crippen molar-refractivity contribution in [2.45, 2.75) is 6.42 Å². The number of nitrogen functional groups attached to an aromatic ring is 1. The molecular weight excluding hydrogens is 204 g/mol. The summed E-state index contributed by atoms with van der Waals surface area (Å²) in [6.07, 6.45) is 0.00667. The molecule has 0 saturated heterocycles. The number of hydrogen-bond donors (Lipinski definition) is 1. The van der Waals surface area contributed by atoms with E-state index in [9.17, 15) is 4.79 Å². The molecule has 0 aliphatic heterocycles. The van der Waals surface area contributed by atoms with Crippen molar-refractivity contribution >= 4 is 11.7 Å². The van der Waals surface area contributed by atoms with E-state index >= 15 is 0 Å². The van der Waals surface area contributed by atoms with Crippen LogP contribution < -0.4 is 5.73 Å². The second-order valence-corrected chi connectivity index (χ2v) is 2.97. The molecule has 1 rings (SSSR count). The van der Waals surface area contributed by atoms with Crippen molar-refractivity contribution in [1.82, 2.24) is 0 Å². The van der Waals surface area contributed by atoms with E-state index in [1.54, 1.807) is 18.2 Å². The number of nitrogens with zero attached hydrogens (tertiary/aromatic N) is 1. The predicted molar refractivity (Wildman–Crippen MR) is 59.1 cm³/mol. The van der Waals surface area contributed by atoms with Gasteiger partial charge < -0.3 is 10.5 Å². The second kappa shape index (κ2) is 5.43. The summed E-state index contributed by atoms with van der Waals surface area (Å²) in [7, 11) is 1.30. The van der Waals surface area contributed by atoms with Gasteiger partial charge in [-0.15, -0.1) is 0 Å². The van der Waals surface area contributed by atoms with Gasteiger partial charge in [-0.3, -0.25) is 4.79 Å². The normalized spacial score (nSPS) is 8.50. The van der Waals surface area contributed by atoms with Crippen molar-refractivity contribution in [1.29, 1.82) is 5.26 Å². The summed E-state index contributed by atoms with van der Waals surface area (Å²) in [4.78, 5) is 10.8. The Bertz CT molecular complexity index is 504. The minimum atomic E-state index is -0.400. The van der Waals surface area contributed by atoms with Crippen molar-refractivity contribution in [3.05, 3.63) is 29.3 Å². The number of methoxy groups -OCH3 is 1. The molecule has 2 N–H and O–H groups in total. The SMILES string of the molecule is COC(=O)CC#Cc1cc(C#N)ccc1N. The molecule has 0 aliphatic carbocycles. The quantitative estimate of drug-likeness (QED) is 0.430. The van der Waals surface area contributed by atoms with E-state index in [-0.39, 0.29) is 6.42 Å². The lowest BCUT2D eigenvalue weighted by molar-refractivity contribution is -0.139. The Hall–Kier alpha value is -2.46. The largest absolute Gasteiger partial charge is 0.468 e. The van der Waals surface area contributed by atoms with Crippen LogP contribution in [0.3, 0.4) is 0 Å². The molecule has 0 radical (unpaired) electrons. The maximum atomic E-state index is 10.8. The van der Waals surface area contributed by atoms with Crippen LogP contribution in [-0.4, -0.2) is 13.1 Å². The van der Waals surface area contributed by atoms with Crippen molar-refractivity contribution in [2.24, 2.45) is 0 Å². The fourth-order valence-electron chi connectivity index (χ4n) is 1.02. The number of nitriles is 1. The van der Waals surface area contributed by atoms with Crippen LogP contribution in [0.5, 0.6) is 0 Å². The number of ether oxygens (including phenoxy) is 1. The van der Waals surface area contributed by atoms with Gasteiger partial charge in [0.1, 0.15) is 6.42 Å². The third-order valence-corrected chi connectivity index (χ3v) is 1.87. The number of carbonyl (C=O) groups is 1. The molecule has 0 heterocycles. The van der Waals surface area contributed by atoms with E-state index in [0.29, 0.717) is 16.8 Å². The Morgan fingerprint density at radius 3 is 2.94 bits per heavy atom. The molecule has 0 aliphatic rings. The fraction of sp³-hybridized carbons (Fsp3) is 0.167. The number of esters is 1. The van der Waals surface area contributed by atoms with Crippen LogP contribution in [0.15, 0.2) is 18.2 Å². The molecule has 1 aromatic rings. The maximum absolute atomic E-state index is 10.8. The van der Waals surface area contributed by atoms with Crippen LogP contribution in [0.25, 0.3) is 0 Å². The van der Waals surface area contributed by atoms with Crippen LogP contribution in [-0.2, 0) is 9.53 Å². The van der Waals surface area contributed by atoms with Crippen LogP contribution in [0.2, 0.25) is 0 Å². The lowest BCUT2D eigenvalue weighted by Crippen LogP contribution is -1.97. The van der Waals surface area contributed by atoms with E-state index in [0.717, 1.165) is 0 Å². The highest BCUT2D eigenvalue weighted by Gasteiger charge is 1.98. The fourth-order valence-corrected chi connectivity index (χ4v) is 1.02. The van der Waals surface area contributed by atoms with Gasteiger partial charge in [0.25, 0.3) is 0 Å². The van der Waals surface area contributed by atoms with Gasteiger partial charge in [-0.2, -0.15) is 5.26 Å². The predicted octanol–water partition coefficient (Wildman–Crippen LogP) is 1.06. The molecule has 0 fully saturated rings. The zero-order chi connectivity index (χ0) is 12.0. The topological polar surface area (TPSA) is 76.1 Å². The highest BCUT2D eigenvalue weighted by atomic mass is 16.5. The first-order valence-corrected chi connectivity index (χ1v) is 4.52.